The molecule has 0 spiro atoms. The van der Waals surface area contributed by atoms with Crippen LogP contribution >= 0.6 is 15.9 Å². The van der Waals surface area contributed by atoms with E-state index in [1.54, 1.807) is 13.3 Å². The van der Waals surface area contributed by atoms with Crippen LogP contribution < -0.4 is 15.8 Å². The lowest BCUT2D eigenvalue weighted by Gasteiger charge is -2.10. The number of nitrogens with one attached hydrogen (secondary N) is 1. The van der Waals surface area contributed by atoms with E-state index in [9.17, 15) is 0 Å². The minimum absolute atomic E-state index is 0.227. The number of rotatable bonds is 6. The van der Waals surface area contributed by atoms with Gasteiger partial charge in [0.15, 0.2) is 0 Å². The van der Waals surface area contributed by atoms with Gasteiger partial charge in [0.25, 0.3) is 0 Å². The molecule has 0 aliphatic carbocycles. The van der Waals surface area contributed by atoms with Gasteiger partial charge >= 0.3 is 0 Å². The van der Waals surface area contributed by atoms with Gasteiger partial charge in [0.2, 0.25) is 11.8 Å². The third-order valence-electron chi connectivity index (χ3n) is 2.23. The van der Waals surface area contributed by atoms with E-state index in [4.69, 9.17) is 10.5 Å². The fourth-order valence-corrected chi connectivity index (χ4v) is 1.51. The Labute approximate surface area is 104 Å². The zero-order valence-electron chi connectivity index (χ0n) is 9.53. The Hall–Kier alpha value is -0.880. The number of hydrogen-bond acceptors (Lipinski definition) is 5. The Morgan fingerprint density at radius 2 is 2.38 bits per heavy atom. The second-order valence-corrected chi connectivity index (χ2v) is 4.29. The second-order valence-electron chi connectivity index (χ2n) is 3.43. The number of ether oxygens (including phenoxy) is 1. The van der Waals surface area contributed by atoms with Crippen LogP contribution in [0.25, 0.3) is 0 Å². The van der Waals surface area contributed by atoms with Gasteiger partial charge in [-0.2, -0.15) is 4.98 Å². The van der Waals surface area contributed by atoms with Crippen molar-refractivity contribution >= 4 is 21.9 Å². The summed E-state index contributed by atoms with van der Waals surface area (Å²) in [7, 11) is 1.57. The van der Waals surface area contributed by atoms with E-state index < -0.39 is 0 Å². The molecule has 1 unspecified atom stereocenters. The Balaban J connectivity index is 2.48. The highest BCUT2D eigenvalue weighted by Gasteiger charge is 2.05. The molecule has 0 bridgehead atoms. The standard InChI is InChI=1S/C10H17BrN4O/c1-3-7(12)4-5-13-10-14-6-8(11)9(15-10)16-2/h6-7H,3-5,12H2,1-2H3,(H,13,14,15). The van der Waals surface area contributed by atoms with E-state index in [0.29, 0.717) is 11.8 Å². The van der Waals surface area contributed by atoms with Gasteiger partial charge in [-0.1, -0.05) is 6.92 Å². The number of hydrogen-bond donors (Lipinski definition) is 2. The number of aromatic nitrogens is 2. The van der Waals surface area contributed by atoms with Crippen molar-refractivity contribution in [2.45, 2.75) is 25.8 Å². The van der Waals surface area contributed by atoms with Crippen LogP contribution in [0.1, 0.15) is 19.8 Å². The van der Waals surface area contributed by atoms with Crippen LogP contribution in [0, 0.1) is 0 Å². The SMILES string of the molecule is CCC(N)CCNc1ncc(Br)c(OC)n1. The predicted octanol–water partition coefficient (Wildman–Crippen LogP) is 1.79. The molecule has 1 rings (SSSR count). The molecular formula is C10H17BrN4O. The van der Waals surface area contributed by atoms with Crippen molar-refractivity contribution in [1.82, 2.24) is 9.97 Å². The van der Waals surface area contributed by atoms with Gasteiger partial charge in [0.05, 0.1) is 17.8 Å². The smallest absolute Gasteiger partial charge is 0.232 e. The Morgan fingerprint density at radius 3 is 3.00 bits per heavy atom. The fraction of sp³-hybridized carbons (Fsp3) is 0.600. The first-order valence-corrected chi connectivity index (χ1v) is 6.02. The van der Waals surface area contributed by atoms with Crippen molar-refractivity contribution in [1.29, 1.82) is 0 Å². The van der Waals surface area contributed by atoms with Crippen molar-refractivity contribution in [2.24, 2.45) is 5.73 Å². The zero-order valence-corrected chi connectivity index (χ0v) is 11.1. The first kappa shape index (κ1) is 13.2. The normalized spacial score (nSPS) is 12.2. The minimum atomic E-state index is 0.227. The molecule has 1 atom stereocenters. The molecule has 1 aromatic rings. The topological polar surface area (TPSA) is 73.1 Å². The maximum Gasteiger partial charge on any atom is 0.232 e. The number of halogens is 1. The van der Waals surface area contributed by atoms with E-state index in [2.05, 4.69) is 38.1 Å². The van der Waals surface area contributed by atoms with Gasteiger partial charge in [-0.15, -0.1) is 0 Å². The quantitative estimate of drug-likeness (QED) is 0.835. The summed E-state index contributed by atoms with van der Waals surface area (Å²) in [5.74, 6) is 1.08. The summed E-state index contributed by atoms with van der Waals surface area (Å²) in [6.45, 7) is 2.84. The number of nitrogens with zero attached hydrogens (tertiary/aromatic N) is 2. The fourth-order valence-electron chi connectivity index (χ4n) is 1.15. The second kappa shape index (κ2) is 6.65. The molecule has 1 aromatic heterocycles. The molecule has 1 heterocycles. The van der Waals surface area contributed by atoms with E-state index in [-0.39, 0.29) is 6.04 Å². The maximum atomic E-state index is 5.80. The molecule has 0 aromatic carbocycles. The Kier molecular flexibility index (Phi) is 5.48. The van der Waals surface area contributed by atoms with E-state index in [1.807, 2.05) is 0 Å². The minimum Gasteiger partial charge on any atom is -0.480 e. The van der Waals surface area contributed by atoms with Crippen molar-refractivity contribution < 1.29 is 4.74 Å². The van der Waals surface area contributed by atoms with Gasteiger partial charge < -0.3 is 15.8 Å². The molecule has 0 saturated carbocycles. The molecule has 0 aliphatic heterocycles. The van der Waals surface area contributed by atoms with Crippen molar-refractivity contribution in [2.75, 3.05) is 19.0 Å². The average Bonchev–Trinajstić information content (AvgIpc) is 2.31. The summed E-state index contributed by atoms with van der Waals surface area (Å²) in [5, 5.41) is 3.11. The van der Waals surface area contributed by atoms with Gasteiger partial charge in [-0.3, -0.25) is 0 Å². The summed E-state index contributed by atoms with van der Waals surface area (Å²) in [6, 6.07) is 0.227. The highest BCUT2D eigenvalue weighted by molar-refractivity contribution is 9.10. The van der Waals surface area contributed by atoms with Crippen LogP contribution in [0.2, 0.25) is 0 Å². The number of nitrogens with two attached hydrogens (primary N) is 1. The van der Waals surface area contributed by atoms with E-state index in [1.165, 1.54) is 0 Å². The molecule has 0 radical (unpaired) electrons. The molecule has 0 amide bonds. The molecular weight excluding hydrogens is 272 g/mol. The van der Waals surface area contributed by atoms with Crippen LogP contribution in [0.4, 0.5) is 5.95 Å². The van der Waals surface area contributed by atoms with Crippen molar-refractivity contribution in [3.63, 3.8) is 0 Å². The van der Waals surface area contributed by atoms with E-state index in [0.717, 1.165) is 23.9 Å². The maximum absolute atomic E-state index is 5.80. The Bertz CT molecular complexity index is 335. The lowest BCUT2D eigenvalue weighted by Crippen LogP contribution is -2.22. The summed E-state index contributed by atoms with van der Waals surface area (Å²) >= 11 is 3.30. The predicted molar refractivity (Wildman–Crippen MR) is 67.7 cm³/mol. The first-order valence-electron chi connectivity index (χ1n) is 5.23. The zero-order chi connectivity index (χ0) is 12.0. The molecule has 5 nitrogen and oxygen atoms in total. The van der Waals surface area contributed by atoms with E-state index >= 15 is 0 Å². The highest BCUT2D eigenvalue weighted by atomic mass is 79.9. The van der Waals surface area contributed by atoms with Crippen LogP contribution in [-0.2, 0) is 0 Å². The molecule has 16 heavy (non-hydrogen) atoms. The molecule has 0 fully saturated rings. The van der Waals surface area contributed by atoms with Gasteiger partial charge in [0.1, 0.15) is 0 Å². The summed E-state index contributed by atoms with van der Waals surface area (Å²) < 4.78 is 5.81. The van der Waals surface area contributed by atoms with Gasteiger partial charge in [-0.05, 0) is 28.8 Å². The summed E-state index contributed by atoms with van der Waals surface area (Å²) in [5.41, 5.74) is 5.80. The highest BCUT2D eigenvalue weighted by Crippen LogP contribution is 2.21. The van der Waals surface area contributed by atoms with Crippen LogP contribution in [0.3, 0.4) is 0 Å². The van der Waals surface area contributed by atoms with Gasteiger partial charge in [-0.25, -0.2) is 4.98 Å². The third kappa shape index (κ3) is 3.94. The lowest BCUT2D eigenvalue weighted by molar-refractivity contribution is 0.394. The van der Waals surface area contributed by atoms with Crippen LogP contribution in [0.15, 0.2) is 10.7 Å². The number of anilines is 1. The summed E-state index contributed by atoms with van der Waals surface area (Å²) in [4.78, 5) is 8.30. The summed E-state index contributed by atoms with van der Waals surface area (Å²) in [6.07, 6.45) is 3.54. The molecule has 90 valence electrons. The molecule has 0 saturated heterocycles. The monoisotopic (exact) mass is 288 g/mol. The third-order valence-corrected chi connectivity index (χ3v) is 2.77. The molecule has 0 aliphatic rings. The van der Waals surface area contributed by atoms with Crippen LogP contribution in [-0.4, -0.2) is 29.7 Å². The van der Waals surface area contributed by atoms with Crippen molar-refractivity contribution in [3.8, 4) is 5.88 Å². The van der Waals surface area contributed by atoms with Crippen LogP contribution in [0.5, 0.6) is 5.88 Å². The van der Waals surface area contributed by atoms with Gasteiger partial charge in [0, 0.05) is 12.6 Å². The Morgan fingerprint density at radius 1 is 1.62 bits per heavy atom. The molecule has 6 heteroatoms. The number of methoxy groups -OCH3 is 1. The average molecular weight is 289 g/mol. The first-order chi connectivity index (χ1) is 7.67. The lowest BCUT2D eigenvalue weighted by atomic mass is 10.2. The van der Waals surface area contributed by atoms with Crippen molar-refractivity contribution in [3.05, 3.63) is 10.7 Å². The molecule has 3 N–H and O–H groups in total. The largest absolute Gasteiger partial charge is 0.480 e.